The maximum absolute atomic E-state index is 11.5. The number of fused-ring (bicyclic) bond motifs is 1. The summed E-state index contributed by atoms with van der Waals surface area (Å²) in [4.78, 5) is 18.4. The second-order valence-corrected chi connectivity index (χ2v) is 2.94. The van der Waals surface area contributed by atoms with Crippen LogP contribution in [0.1, 0.15) is 5.82 Å². The number of hydrogen-bond donors (Lipinski definition) is 2. The van der Waals surface area contributed by atoms with E-state index in [9.17, 15) is 4.79 Å². The molecule has 14 heavy (non-hydrogen) atoms. The third-order valence-electron chi connectivity index (χ3n) is 1.96. The Hall–Kier alpha value is -1.97. The van der Waals surface area contributed by atoms with E-state index >= 15 is 0 Å². The van der Waals surface area contributed by atoms with Crippen molar-refractivity contribution >= 4 is 17.1 Å². The number of rotatable bonds is 2. The highest BCUT2D eigenvalue weighted by molar-refractivity contribution is 5.77. The molecule has 2 rings (SSSR count). The van der Waals surface area contributed by atoms with Crippen molar-refractivity contribution in [3.05, 3.63) is 40.4 Å². The lowest BCUT2D eigenvalue weighted by Gasteiger charge is -1.98. The van der Waals surface area contributed by atoms with Gasteiger partial charge in [-0.15, -0.1) is 0 Å². The van der Waals surface area contributed by atoms with Gasteiger partial charge < -0.3 is 10.4 Å². The van der Waals surface area contributed by atoms with Gasteiger partial charge in [-0.2, -0.15) is 0 Å². The van der Waals surface area contributed by atoms with Gasteiger partial charge in [0, 0.05) is 12.6 Å². The molecule has 0 bridgehead atoms. The molecule has 4 nitrogen and oxygen atoms in total. The molecule has 4 heteroatoms. The summed E-state index contributed by atoms with van der Waals surface area (Å²) in [7, 11) is 0. The van der Waals surface area contributed by atoms with E-state index in [1.165, 1.54) is 6.21 Å². The molecule has 1 aromatic carbocycles. The predicted octanol–water partition coefficient (Wildman–Crippen LogP) is 1.12. The van der Waals surface area contributed by atoms with Crippen molar-refractivity contribution in [3.63, 3.8) is 0 Å². The molecular formula is C10H9N3O. The van der Waals surface area contributed by atoms with Crippen molar-refractivity contribution in [1.29, 1.82) is 5.41 Å². The minimum Gasteiger partial charge on any atom is -0.313 e. The van der Waals surface area contributed by atoms with Crippen LogP contribution in [0.15, 0.2) is 29.1 Å². The average Bonchev–Trinajstić information content (AvgIpc) is 2.18. The van der Waals surface area contributed by atoms with Crippen LogP contribution in [-0.2, 0) is 6.42 Å². The number of aromatic nitrogens is 2. The smallest absolute Gasteiger partial charge is 0.258 e. The average molecular weight is 187 g/mol. The Kier molecular flexibility index (Phi) is 2.10. The quantitative estimate of drug-likeness (QED) is 0.691. The van der Waals surface area contributed by atoms with Gasteiger partial charge in [-0.05, 0) is 12.1 Å². The Bertz CT molecular complexity index is 530. The second kappa shape index (κ2) is 3.41. The standard InChI is InChI=1S/C10H9N3O/c11-6-5-9-12-8-4-2-1-3-7(8)10(14)13-9/h1-4,6,11H,5H2,(H,12,13,14). The molecule has 0 radical (unpaired) electrons. The Morgan fingerprint density at radius 1 is 1.43 bits per heavy atom. The normalized spacial score (nSPS) is 10.3. The largest absolute Gasteiger partial charge is 0.313 e. The fraction of sp³-hybridized carbons (Fsp3) is 0.100. The van der Waals surface area contributed by atoms with Gasteiger partial charge in [-0.25, -0.2) is 4.98 Å². The van der Waals surface area contributed by atoms with Gasteiger partial charge in [0.1, 0.15) is 5.82 Å². The minimum absolute atomic E-state index is 0.146. The van der Waals surface area contributed by atoms with E-state index in [-0.39, 0.29) is 5.56 Å². The van der Waals surface area contributed by atoms with Crippen LogP contribution in [0.5, 0.6) is 0 Å². The molecule has 0 aliphatic heterocycles. The van der Waals surface area contributed by atoms with Crippen molar-refractivity contribution in [3.8, 4) is 0 Å². The lowest BCUT2D eigenvalue weighted by Crippen LogP contribution is -2.11. The van der Waals surface area contributed by atoms with Crippen LogP contribution in [-0.4, -0.2) is 16.2 Å². The third kappa shape index (κ3) is 1.42. The first kappa shape index (κ1) is 8.62. The van der Waals surface area contributed by atoms with Crippen molar-refractivity contribution in [2.45, 2.75) is 6.42 Å². The van der Waals surface area contributed by atoms with Gasteiger partial charge in [-0.3, -0.25) is 4.79 Å². The summed E-state index contributed by atoms with van der Waals surface area (Å²) in [5, 5.41) is 7.52. The van der Waals surface area contributed by atoms with Gasteiger partial charge in [0.2, 0.25) is 0 Å². The Morgan fingerprint density at radius 2 is 2.21 bits per heavy atom. The summed E-state index contributed by atoms with van der Waals surface area (Å²) >= 11 is 0. The molecule has 1 heterocycles. The summed E-state index contributed by atoms with van der Waals surface area (Å²) in [6.45, 7) is 0. The number of nitrogens with zero attached hydrogens (tertiary/aromatic N) is 1. The summed E-state index contributed by atoms with van der Waals surface area (Å²) in [6.07, 6.45) is 1.58. The number of nitrogens with one attached hydrogen (secondary N) is 2. The van der Waals surface area contributed by atoms with Crippen molar-refractivity contribution in [2.24, 2.45) is 0 Å². The Morgan fingerprint density at radius 3 is 3.00 bits per heavy atom. The van der Waals surface area contributed by atoms with Crippen LogP contribution in [0, 0.1) is 5.41 Å². The summed E-state index contributed by atoms with van der Waals surface area (Å²) in [6, 6.07) is 7.16. The van der Waals surface area contributed by atoms with Crippen LogP contribution in [0.2, 0.25) is 0 Å². The van der Waals surface area contributed by atoms with Crippen LogP contribution in [0.3, 0.4) is 0 Å². The van der Waals surface area contributed by atoms with Crippen molar-refractivity contribution in [1.82, 2.24) is 9.97 Å². The molecule has 0 aliphatic rings. The third-order valence-corrected chi connectivity index (χ3v) is 1.96. The van der Waals surface area contributed by atoms with Gasteiger partial charge in [0.25, 0.3) is 5.56 Å². The fourth-order valence-corrected chi connectivity index (χ4v) is 1.33. The van der Waals surface area contributed by atoms with Gasteiger partial charge in [0.15, 0.2) is 0 Å². The highest BCUT2D eigenvalue weighted by atomic mass is 16.1. The highest BCUT2D eigenvalue weighted by Gasteiger charge is 2.00. The van der Waals surface area contributed by atoms with E-state index in [0.29, 0.717) is 23.1 Å². The second-order valence-electron chi connectivity index (χ2n) is 2.94. The summed E-state index contributed by atoms with van der Waals surface area (Å²) in [5.74, 6) is 0.531. The van der Waals surface area contributed by atoms with Crippen LogP contribution >= 0.6 is 0 Å². The van der Waals surface area contributed by atoms with E-state index in [0.717, 1.165) is 0 Å². The maximum atomic E-state index is 11.5. The molecule has 0 atom stereocenters. The zero-order valence-electron chi connectivity index (χ0n) is 7.45. The van der Waals surface area contributed by atoms with E-state index < -0.39 is 0 Å². The molecule has 0 spiro atoms. The van der Waals surface area contributed by atoms with E-state index in [1.807, 2.05) is 6.07 Å². The maximum Gasteiger partial charge on any atom is 0.258 e. The molecule has 2 aromatic rings. The molecular weight excluding hydrogens is 178 g/mol. The first-order valence-corrected chi connectivity index (χ1v) is 4.28. The number of hydrogen-bond acceptors (Lipinski definition) is 3. The Labute approximate surface area is 80.1 Å². The van der Waals surface area contributed by atoms with Crippen LogP contribution in [0.4, 0.5) is 0 Å². The monoisotopic (exact) mass is 187 g/mol. The topological polar surface area (TPSA) is 69.6 Å². The molecule has 0 fully saturated rings. The van der Waals surface area contributed by atoms with Crippen molar-refractivity contribution in [2.75, 3.05) is 0 Å². The SMILES string of the molecule is N=CCc1nc2ccccc2c(=O)[nH]1. The molecule has 0 unspecified atom stereocenters. The zero-order chi connectivity index (χ0) is 9.97. The minimum atomic E-state index is -0.146. The molecule has 1 aromatic heterocycles. The van der Waals surface area contributed by atoms with Crippen molar-refractivity contribution < 1.29 is 0 Å². The highest BCUT2D eigenvalue weighted by Crippen LogP contribution is 2.05. The Balaban J connectivity index is 2.72. The molecule has 0 amide bonds. The number of benzene rings is 1. The molecule has 2 N–H and O–H groups in total. The summed E-state index contributed by atoms with van der Waals surface area (Å²) in [5.41, 5.74) is 0.528. The molecule has 70 valence electrons. The number of para-hydroxylation sites is 1. The first-order valence-electron chi connectivity index (χ1n) is 4.28. The molecule has 0 saturated carbocycles. The van der Waals surface area contributed by atoms with E-state index in [2.05, 4.69) is 9.97 Å². The molecule has 0 saturated heterocycles. The van der Waals surface area contributed by atoms with E-state index in [1.54, 1.807) is 18.2 Å². The lowest BCUT2D eigenvalue weighted by atomic mass is 10.2. The molecule has 0 aliphatic carbocycles. The van der Waals surface area contributed by atoms with Crippen LogP contribution < -0.4 is 5.56 Å². The van der Waals surface area contributed by atoms with Gasteiger partial charge >= 0.3 is 0 Å². The van der Waals surface area contributed by atoms with Gasteiger partial charge in [0.05, 0.1) is 10.9 Å². The van der Waals surface area contributed by atoms with E-state index in [4.69, 9.17) is 5.41 Å². The van der Waals surface area contributed by atoms with Gasteiger partial charge in [-0.1, -0.05) is 12.1 Å². The lowest BCUT2D eigenvalue weighted by molar-refractivity contribution is 1.02. The predicted molar refractivity (Wildman–Crippen MR) is 54.9 cm³/mol. The fourth-order valence-electron chi connectivity index (χ4n) is 1.33. The zero-order valence-corrected chi connectivity index (χ0v) is 7.45. The number of H-pyrrole nitrogens is 1. The van der Waals surface area contributed by atoms with Crippen LogP contribution in [0.25, 0.3) is 10.9 Å². The first-order chi connectivity index (χ1) is 6.81. The number of aromatic amines is 1. The summed E-state index contributed by atoms with van der Waals surface area (Å²) < 4.78 is 0.